The molecule has 15 nitrogen and oxygen atoms in total. The number of rotatable bonds is 8. The van der Waals surface area contributed by atoms with Crippen molar-refractivity contribution in [1.29, 1.82) is 0 Å². The Morgan fingerprint density at radius 3 is 2.12 bits per heavy atom. The molecule has 0 spiro atoms. The van der Waals surface area contributed by atoms with E-state index in [1.807, 2.05) is 0 Å². The molecule has 0 aromatic carbocycles. The molecule has 0 bridgehead atoms. The number of ether oxygens (including phenoxy) is 5. The highest BCUT2D eigenvalue weighted by Gasteiger charge is 2.70. The number of carboxylic acid groups (broad SMARTS) is 4. The number of carbonyl (C=O) groups is 4. The van der Waals surface area contributed by atoms with Crippen LogP contribution in [0.1, 0.15) is 113 Å². The van der Waals surface area contributed by atoms with Crippen LogP contribution in [0.2, 0.25) is 0 Å². The van der Waals surface area contributed by atoms with Gasteiger partial charge in [0.05, 0.1) is 11.5 Å². The molecule has 5 aliphatic carbocycles. The fourth-order valence-corrected chi connectivity index (χ4v) is 13.4. The Hall–Kier alpha value is -2.66. The third kappa shape index (κ3) is 5.91. The van der Waals surface area contributed by atoms with Gasteiger partial charge in [-0.2, -0.15) is 0 Å². The first-order chi connectivity index (χ1) is 25.9. The number of aliphatic carboxylic acids is 4. The third-order valence-electron chi connectivity index (χ3n) is 16.6. The van der Waals surface area contributed by atoms with Crippen LogP contribution in [0.4, 0.5) is 0 Å². The predicted molar refractivity (Wildman–Crippen MR) is 194 cm³/mol. The van der Waals surface area contributed by atoms with Crippen LogP contribution >= 0.6 is 0 Å². The lowest BCUT2D eigenvalue weighted by Gasteiger charge is -2.71. The van der Waals surface area contributed by atoms with Crippen molar-refractivity contribution >= 4 is 23.9 Å². The van der Waals surface area contributed by atoms with Crippen molar-refractivity contribution in [3.63, 3.8) is 0 Å². The maximum absolute atomic E-state index is 13.0. The summed E-state index contributed by atoms with van der Waals surface area (Å²) in [5.74, 6) is -8.57. The number of aliphatic hydroxyl groups is 2. The molecule has 6 N–H and O–H groups in total. The summed E-state index contributed by atoms with van der Waals surface area (Å²) in [7, 11) is 0. The summed E-state index contributed by atoms with van der Waals surface area (Å²) in [6.07, 6.45) is -0.914. The van der Waals surface area contributed by atoms with Crippen LogP contribution in [-0.4, -0.2) is 110 Å². The van der Waals surface area contributed by atoms with Gasteiger partial charge in [0.2, 0.25) is 6.29 Å². The molecule has 0 aromatic heterocycles. The highest BCUT2D eigenvalue weighted by molar-refractivity contribution is 5.78. The molecule has 15 atom stereocenters. The Morgan fingerprint density at radius 1 is 0.821 bits per heavy atom. The zero-order valence-corrected chi connectivity index (χ0v) is 33.5. The smallest absolute Gasteiger partial charge is 0.369 e. The van der Waals surface area contributed by atoms with Crippen LogP contribution in [0.3, 0.4) is 0 Å². The van der Waals surface area contributed by atoms with Crippen molar-refractivity contribution in [3.05, 3.63) is 11.6 Å². The van der Waals surface area contributed by atoms with E-state index in [9.17, 15) is 44.7 Å². The summed E-state index contributed by atoms with van der Waals surface area (Å²) in [5.41, 5.74) is -0.115. The average Bonchev–Trinajstić information content (AvgIpc) is 3.09. The van der Waals surface area contributed by atoms with Crippen molar-refractivity contribution in [2.45, 2.75) is 162 Å². The van der Waals surface area contributed by atoms with Gasteiger partial charge in [0, 0.05) is 0 Å². The minimum Gasteiger partial charge on any atom is -0.481 e. The Labute approximate surface area is 327 Å². The minimum absolute atomic E-state index is 0.0120. The summed E-state index contributed by atoms with van der Waals surface area (Å²) in [5, 5.41) is 62.0. The van der Waals surface area contributed by atoms with Crippen LogP contribution in [0.5, 0.6) is 0 Å². The topological polar surface area (TPSA) is 236 Å². The van der Waals surface area contributed by atoms with Gasteiger partial charge in [-0.25, -0.2) is 14.4 Å². The molecular weight excluding hydrogens is 732 g/mol. The van der Waals surface area contributed by atoms with Crippen LogP contribution in [0.25, 0.3) is 0 Å². The van der Waals surface area contributed by atoms with Crippen molar-refractivity contribution < 1.29 is 73.5 Å². The zero-order chi connectivity index (χ0) is 41.2. The summed E-state index contributed by atoms with van der Waals surface area (Å²) < 4.78 is 28.3. The van der Waals surface area contributed by atoms with Gasteiger partial charge in [0.15, 0.2) is 12.4 Å². The molecule has 2 aliphatic heterocycles. The van der Waals surface area contributed by atoms with E-state index in [4.69, 9.17) is 28.8 Å². The summed E-state index contributed by atoms with van der Waals surface area (Å²) in [4.78, 5) is 48.8. The van der Waals surface area contributed by atoms with Gasteiger partial charge in [-0.15, -0.1) is 0 Å². The lowest BCUT2D eigenvalue weighted by Crippen LogP contribution is -2.72. The third-order valence-corrected chi connectivity index (χ3v) is 16.6. The monoisotopic (exact) mass is 792 g/mol. The first kappa shape index (κ1) is 41.5. The van der Waals surface area contributed by atoms with Gasteiger partial charge in [0.25, 0.3) is 0 Å². The molecule has 3 unspecified atom stereocenters. The number of carboxylic acids is 4. The first-order valence-electron chi connectivity index (χ1n) is 20.2. The standard InChI is InChI=1S/C41H60O15/c1-35(2)14-16-40(32(47)48)17-15-38(6)20(21(40)18-35)8-9-23-37(5)12-11-24(36(3,4)22(37)10-13-39(23,38)7)53-31-26(44)27-28(29(54-31)30(45)46)56-41(51,33(49)50)34(55-27)52-19-25(42)43/h8,21-24,26-29,31,34,44,51H,9-19H2,1-7H3,(H,42,43)(H,45,46)(H,47,48)(H,49,50)/t21?,22?,23?,24-,26+,27+,28-,29-,31+,34-,37-,38+,39+,40-,41-/m0/s1. The SMILES string of the molecule is CC1(C)CC[C@]2(C(=O)O)CC[C@]3(C)C(=CCC4[C@@]5(C)CC[C@H](O[C@@H]6O[C@H](C(=O)O)[C@H]7O[C@@](O)(C(=O)O)[C@@H](OCC(=O)O)O[C@@H]7[C@H]6O)C(C)(C)C5CC[C@]43C)C2C1. The van der Waals surface area contributed by atoms with E-state index in [0.29, 0.717) is 25.2 Å². The molecule has 15 heteroatoms. The molecule has 0 aromatic rings. The summed E-state index contributed by atoms with van der Waals surface area (Å²) in [6.45, 7) is 15.0. The van der Waals surface area contributed by atoms with E-state index in [-0.39, 0.29) is 33.5 Å². The van der Waals surface area contributed by atoms with E-state index >= 15 is 0 Å². The Kier molecular flexibility index (Phi) is 9.95. The maximum Gasteiger partial charge on any atom is 0.369 e. The second-order valence-corrected chi connectivity index (χ2v) is 20.1. The zero-order valence-electron chi connectivity index (χ0n) is 33.5. The molecule has 2 saturated heterocycles. The quantitative estimate of drug-likeness (QED) is 0.148. The van der Waals surface area contributed by atoms with E-state index < -0.39 is 90.2 Å². The van der Waals surface area contributed by atoms with E-state index in [0.717, 1.165) is 44.9 Å². The normalized spacial score (nSPS) is 49.1. The highest BCUT2D eigenvalue weighted by Crippen LogP contribution is 2.76. The molecule has 4 saturated carbocycles. The Balaban J connectivity index is 1.14. The number of fused-ring (bicyclic) bond motifs is 8. The largest absolute Gasteiger partial charge is 0.481 e. The molecule has 56 heavy (non-hydrogen) atoms. The molecular formula is C41H60O15. The molecule has 0 radical (unpaired) electrons. The van der Waals surface area contributed by atoms with Crippen LogP contribution in [0.15, 0.2) is 11.6 Å². The Bertz CT molecular complexity index is 1670. The molecule has 6 fully saturated rings. The summed E-state index contributed by atoms with van der Waals surface area (Å²) in [6, 6.07) is 0. The van der Waals surface area contributed by atoms with E-state index in [1.54, 1.807) is 0 Å². The van der Waals surface area contributed by atoms with E-state index in [2.05, 4.69) is 54.5 Å². The minimum atomic E-state index is -3.30. The van der Waals surface area contributed by atoms with Gasteiger partial charge in [-0.3, -0.25) is 4.79 Å². The fourth-order valence-electron chi connectivity index (χ4n) is 13.4. The number of hydrogen-bond acceptors (Lipinski definition) is 11. The van der Waals surface area contributed by atoms with Gasteiger partial charge in [-0.1, -0.05) is 60.1 Å². The van der Waals surface area contributed by atoms with Gasteiger partial charge < -0.3 is 54.3 Å². The second-order valence-electron chi connectivity index (χ2n) is 20.1. The number of aliphatic hydroxyl groups excluding tert-OH is 1. The maximum atomic E-state index is 13.0. The first-order valence-corrected chi connectivity index (χ1v) is 20.2. The van der Waals surface area contributed by atoms with E-state index in [1.165, 1.54) is 5.57 Å². The van der Waals surface area contributed by atoms with Crippen molar-refractivity contribution in [1.82, 2.24) is 0 Å². The van der Waals surface area contributed by atoms with Crippen LogP contribution in [-0.2, 0) is 42.9 Å². The molecule has 314 valence electrons. The van der Waals surface area contributed by atoms with Crippen molar-refractivity contribution in [3.8, 4) is 0 Å². The van der Waals surface area contributed by atoms with Crippen LogP contribution in [0, 0.1) is 50.2 Å². The number of allylic oxidation sites excluding steroid dienone is 2. The molecule has 2 heterocycles. The fraction of sp³-hybridized carbons (Fsp3) is 0.854. The summed E-state index contributed by atoms with van der Waals surface area (Å²) >= 11 is 0. The van der Waals surface area contributed by atoms with Gasteiger partial charge in [0.1, 0.15) is 24.9 Å². The lowest BCUT2D eigenvalue weighted by atomic mass is 9.33. The highest BCUT2D eigenvalue weighted by atomic mass is 16.8. The van der Waals surface area contributed by atoms with Gasteiger partial charge in [-0.05, 0) is 109 Å². The Morgan fingerprint density at radius 2 is 1.50 bits per heavy atom. The van der Waals surface area contributed by atoms with Crippen LogP contribution < -0.4 is 0 Å². The average molecular weight is 793 g/mol. The second kappa shape index (κ2) is 13.4. The number of hydrogen-bond donors (Lipinski definition) is 6. The molecule has 7 aliphatic rings. The van der Waals surface area contributed by atoms with Crippen molar-refractivity contribution in [2.75, 3.05) is 6.61 Å². The van der Waals surface area contributed by atoms with Gasteiger partial charge >= 0.3 is 29.7 Å². The molecule has 7 rings (SSSR count). The predicted octanol–water partition coefficient (Wildman–Crippen LogP) is 4.41. The lowest BCUT2D eigenvalue weighted by molar-refractivity contribution is -0.435. The molecule has 0 amide bonds. The van der Waals surface area contributed by atoms with Crippen molar-refractivity contribution in [2.24, 2.45) is 50.2 Å².